The Morgan fingerprint density at radius 1 is 1.09 bits per heavy atom. The molecule has 0 atom stereocenters. The third kappa shape index (κ3) is 6.06. The van der Waals surface area contributed by atoms with E-state index < -0.39 is 11.9 Å². The predicted molar refractivity (Wildman–Crippen MR) is 131 cm³/mol. The van der Waals surface area contributed by atoms with Gasteiger partial charge in [0.25, 0.3) is 0 Å². The molecule has 2 aromatic carbocycles. The minimum atomic E-state index is -0.551. The standard InChI is InChI=1S/C24H24BrNO6S/c1-4-31-19(27)14-32-21-20(25)22(33-23(21)24(28)30-3)15-10-11-18(29-2)16(12-15)13-26-17-8-6-5-7-9-17/h5-12,26H,4,13-14H2,1-3H3. The van der Waals surface area contributed by atoms with Gasteiger partial charge in [-0.1, -0.05) is 18.2 Å². The Hall–Kier alpha value is -3.04. The van der Waals surface area contributed by atoms with Gasteiger partial charge in [0.1, 0.15) is 5.75 Å². The first-order valence-corrected chi connectivity index (χ1v) is 11.7. The van der Waals surface area contributed by atoms with E-state index in [0.29, 0.717) is 11.0 Å². The lowest BCUT2D eigenvalue weighted by Crippen LogP contribution is -2.15. The van der Waals surface area contributed by atoms with Crippen LogP contribution in [0.3, 0.4) is 0 Å². The van der Waals surface area contributed by atoms with Crippen molar-refractivity contribution in [3.05, 3.63) is 63.4 Å². The zero-order chi connectivity index (χ0) is 23.8. The van der Waals surface area contributed by atoms with Gasteiger partial charge in [-0.2, -0.15) is 0 Å². The maximum absolute atomic E-state index is 12.4. The number of nitrogens with one attached hydrogen (secondary N) is 1. The fraction of sp³-hybridized carbons (Fsp3) is 0.250. The van der Waals surface area contributed by atoms with Crippen LogP contribution in [0.4, 0.5) is 5.69 Å². The van der Waals surface area contributed by atoms with Crippen molar-refractivity contribution in [2.45, 2.75) is 13.5 Å². The molecule has 174 valence electrons. The predicted octanol–water partition coefficient (Wildman–Crippen LogP) is 5.53. The summed E-state index contributed by atoms with van der Waals surface area (Å²) in [4.78, 5) is 25.1. The Kier molecular flexibility index (Phi) is 8.73. The van der Waals surface area contributed by atoms with E-state index in [2.05, 4.69) is 21.2 Å². The summed E-state index contributed by atoms with van der Waals surface area (Å²) >= 11 is 4.75. The third-order valence-corrected chi connectivity index (χ3v) is 6.84. The molecule has 0 spiro atoms. The molecule has 7 nitrogen and oxygen atoms in total. The quantitative estimate of drug-likeness (QED) is 0.343. The number of benzene rings is 2. The molecule has 1 heterocycles. The lowest BCUT2D eigenvalue weighted by Gasteiger charge is -2.12. The highest BCUT2D eigenvalue weighted by molar-refractivity contribution is 9.10. The molecule has 0 bridgehead atoms. The first kappa shape index (κ1) is 24.6. The van der Waals surface area contributed by atoms with Crippen LogP contribution in [0.25, 0.3) is 10.4 Å². The molecular formula is C24H24BrNO6S. The van der Waals surface area contributed by atoms with Gasteiger partial charge in [-0.25, -0.2) is 9.59 Å². The molecule has 0 saturated heterocycles. The molecule has 0 aliphatic heterocycles. The zero-order valence-electron chi connectivity index (χ0n) is 18.5. The number of halogens is 1. The first-order valence-electron chi connectivity index (χ1n) is 10.1. The maximum Gasteiger partial charge on any atom is 0.351 e. The smallest absolute Gasteiger partial charge is 0.351 e. The Labute approximate surface area is 204 Å². The lowest BCUT2D eigenvalue weighted by atomic mass is 10.1. The van der Waals surface area contributed by atoms with Gasteiger partial charge in [-0.05, 0) is 58.7 Å². The van der Waals surface area contributed by atoms with E-state index in [9.17, 15) is 9.59 Å². The molecule has 33 heavy (non-hydrogen) atoms. The molecule has 0 aliphatic rings. The van der Waals surface area contributed by atoms with Crippen LogP contribution in [0, 0.1) is 0 Å². The van der Waals surface area contributed by atoms with Gasteiger partial charge in [0.15, 0.2) is 17.2 Å². The van der Waals surface area contributed by atoms with Crippen molar-refractivity contribution in [1.82, 2.24) is 0 Å². The van der Waals surface area contributed by atoms with Crippen molar-refractivity contribution in [1.29, 1.82) is 0 Å². The average Bonchev–Trinajstić information content (AvgIpc) is 3.17. The van der Waals surface area contributed by atoms with Crippen molar-refractivity contribution in [3.63, 3.8) is 0 Å². The van der Waals surface area contributed by atoms with E-state index in [1.165, 1.54) is 18.4 Å². The Morgan fingerprint density at radius 3 is 2.52 bits per heavy atom. The molecule has 0 fully saturated rings. The summed E-state index contributed by atoms with van der Waals surface area (Å²) in [7, 11) is 2.92. The van der Waals surface area contributed by atoms with E-state index in [4.69, 9.17) is 18.9 Å². The van der Waals surface area contributed by atoms with Gasteiger partial charge >= 0.3 is 11.9 Å². The van der Waals surface area contributed by atoms with Gasteiger partial charge in [-0.3, -0.25) is 0 Å². The molecule has 1 aromatic heterocycles. The van der Waals surface area contributed by atoms with Crippen molar-refractivity contribution < 1.29 is 28.5 Å². The molecule has 3 rings (SSSR count). The van der Waals surface area contributed by atoms with Gasteiger partial charge in [0.2, 0.25) is 0 Å². The van der Waals surface area contributed by atoms with Crippen molar-refractivity contribution in [3.8, 4) is 21.9 Å². The Morgan fingerprint density at radius 2 is 1.85 bits per heavy atom. The summed E-state index contributed by atoms with van der Waals surface area (Å²) in [6.45, 7) is 2.18. The molecule has 0 saturated carbocycles. The highest BCUT2D eigenvalue weighted by Gasteiger charge is 2.26. The van der Waals surface area contributed by atoms with E-state index in [1.807, 2.05) is 48.5 Å². The Bertz CT molecular complexity index is 1120. The fourth-order valence-corrected chi connectivity index (χ4v) is 5.05. The van der Waals surface area contributed by atoms with E-state index >= 15 is 0 Å². The molecule has 1 N–H and O–H groups in total. The summed E-state index contributed by atoms with van der Waals surface area (Å²) in [6.07, 6.45) is 0. The van der Waals surface area contributed by atoms with Gasteiger partial charge in [0, 0.05) is 17.8 Å². The van der Waals surface area contributed by atoms with Crippen LogP contribution in [0.15, 0.2) is 53.0 Å². The fourth-order valence-electron chi connectivity index (χ4n) is 3.08. The first-order chi connectivity index (χ1) is 16.0. The largest absolute Gasteiger partial charge is 0.496 e. The number of ether oxygens (including phenoxy) is 4. The Balaban J connectivity index is 1.94. The number of hydrogen-bond donors (Lipinski definition) is 1. The molecular weight excluding hydrogens is 510 g/mol. The number of carbonyl (C=O) groups is 2. The summed E-state index contributed by atoms with van der Waals surface area (Å²) < 4.78 is 21.5. The minimum Gasteiger partial charge on any atom is -0.496 e. The van der Waals surface area contributed by atoms with Gasteiger partial charge in [0.05, 0.1) is 30.2 Å². The second kappa shape index (κ2) is 11.7. The molecule has 9 heteroatoms. The van der Waals surface area contributed by atoms with Gasteiger partial charge < -0.3 is 24.3 Å². The van der Waals surface area contributed by atoms with E-state index in [1.54, 1.807) is 14.0 Å². The van der Waals surface area contributed by atoms with Crippen molar-refractivity contribution >= 4 is 44.9 Å². The van der Waals surface area contributed by atoms with Crippen LogP contribution in [-0.4, -0.2) is 39.4 Å². The molecule has 0 aliphatic carbocycles. The van der Waals surface area contributed by atoms with Crippen LogP contribution in [0.5, 0.6) is 11.5 Å². The topological polar surface area (TPSA) is 83.1 Å². The number of methoxy groups -OCH3 is 2. The van der Waals surface area contributed by atoms with Crippen LogP contribution in [0.1, 0.15) is 22.2 Å². The number of esters is 2. The number of rotatable bonds is 10. The second-order valence-electron chi connectivity index (χ2n) is 6.73. The maximum atomic E-state index is 12.4. The number of hydrogen-bond acceptors (Lipinski definition) is 8. The number of thiophene rings is 1. The summed E-state index contributed by atoms with van der Waals surface area (Å²) in [6, 6.07) is 15.6. The van der Waals surface area contributed by atoms with Crippen molar-refractivity contribution in [2.75, 3.05) is 32.8 Å². The number of carbonyl (C=O) groups excluding carboxylic acids is 2. The molecule has 0 unspecified atom stereocenters. The minimum absolute atomic E-state index is 0.244. The van der Waals surface area contributed by atoms with Crippen LogP contribution in [0.2, 0.25) is 0 Å². The second-order valence-corrected chi connectivity index (χ2v) is 8.55. The normalized spacial score (nSPS) is 10.4. The molecule has 0 amide bonds. The zero-order valence-corrected chi connectivity index (χ0v) is 20.9. The summed E-state index contributed by atoms with van der Waals surface area (Å²) in [5.41, 5.74) is 2.78. The summed E-state index contributed by atoms with van der Waals surface area (Å²) in [5, 5.41) is 3.38. The number of para-hydroxylation sites is 1. The van der Waals surface area contributed by atoms with Crippen LogP contribution in [-0.2, 0) is 20.8 Å². The monoisotopic (exact) mass is 533 g/mol. The molecule has 0 radical (unpaired) electrons. The summed E-state index contributed by atoms with van der Waals surface area (Å²) in [5.74, 6) is -0.0894. The van der Waals surface area contributed by atoms with Crippen LogP contribution >= 0.6 is 27.3 Å². The van der Waals surface area contributed by atoms with Crippen molar-refractivity contribution in [2.24, 2.45) is 0 Å². The third-order valence-electron chi connectivity index (χ3n) is 4.62. The lowest BCUT2D eigenvalue weighted by molar-refractivity contribution is -0.145. The van der Waals surface area contributed by atoms with Gasteiger partial charge in [-0.15, -0.1) is 11.3 Å². The highest BCUT2D eigenvalue weighted by Crippen LogP contribution is 2.46. The van der Waals surface area contributed by atoms with E-state index in [0.717, 1.165) is 27.4 Å². The highest BCUT2D eigenvalue weighted by atomic mass is 79.9. The number of anilines is 1. The molecule has 3 aromatic rings. The average molecular weight is 534 g/mol. The van der Waals surface area contributed by atoms with Crippen LogP contribution < -0.4 is 14.8 Å². The SMILES string of the molecule is CCOC(=O)COc1c(C(=O)OC)sc(-c2ccc(OC)c(CNc3ccccc3)c2)c1Br. The van der Waals surface area contributed by atoms with E-state index in [-0.39, 0.29) is 23.8 Å².